The van der Waals surface area contributed by atoms with Crippen molar-refractivity contribution < 1.29 is 4.42 Å². The van der Waals surface area contributed by atoms with Crippen molar-refractivity contribution in [3.8, 4) is 33.7 Å². The third kappa shape index (κ3) is 3.31. The molecule has 0 amide bonds. The molecule has 1 unspecified atom stereocenters. The van der Waals surface area contributed by atoms with Crippen LogP contribution in [0.15, 0.2) is 150 Å². The van der Waals surface area contributed by atoms with Crippen molar-refractivity contribution in [1.82, 2.24) is 9.97 Å². The molecule has 1 aliphatic rings. The highest BCUT2D eigenvalue weighted by Gasteiger charge is 2.47. The van der Waals surface area contributed by atoms with E-state index >= 15 is 0 Å². The summed E-state index contributed by atoms with van der Waals surface area (Å²) in [5.74, 6) is 0.635. The van der Waals surface area contributed by atoms with E-state index < -0.39 is 5.41 Å². The van der Waals surface area contributed by atoms with Gasteiger partial charge in [0.15, 0.2) is 5.58 Å². The monoisotopic (exact) mass is 512 g/mol. The molecule has 8 rings (SSSR count). The van der Waals surface area contributed by atoms with Gasteiger partial charge in [-0.3, -0.25) is 4.98 Å². The second kappa shape index (κ2) is 8.89. The molecule has 0 fully saturated rings. The topological polar surface area (TPSA) is 38.9 Å². The Labute approximate surface area is 232 Å². The Balaban J connectivity index is 1.30. The van der Waals surface area contributed by atoms with Crippen molar-refractivity contribution in [3.05, 3.63) is 168 Å². The van der Waals surface area contributed by atoms with Gasteiger partial charge in [-0.05, 0) is 81.4 Å². The normalized spacial score (nSPS) is 15.6. The van der Waals surface area contributed by atoms with E-state index in [2.05, 4.69) is 114 Å². The second-order valence-electron chi connectivity index (χ2n) is 10.2. The number of pyridine rings is 1. The summed E-state index contributed by atoms with van der Waals surface area (Å²) in [5, 5.41) is 0. The smallest absolute Gasteiger partial charge is 0.227 e. The minimum absolute atomic E-state index is 0.511. The highest BCUT2D eigenvalue weighted by atomic mass is 16.3. The Morgan fingerprint density at radius 2 is 1.23 bits per heavy atom. The van der Waals surface area contributed by atoms with E-state index in [9.17, 15) is 0 Å². The van der Waals surface area contributed by atoms with Crippen LogP contribution < -0.4 is 0 Å². The number of para-hydroxylation sites is 2. The summed E-state index contributed by atoms with van der Waals surface area (Å²) in [4.78, 5) is 9.62. The Morgan fingerprint density at radius 3 is 2.05 bits per heavy atom. The first kappa shape index (κ1) is 22.7. The zero-order valence-electron chi connectivity index (χ0n) is 21.7. The third-order valence-electron chi connectivity index (χ3n) is 8.06. The van der Waals surface area contributed by atoms with E-state index in [0.717, 1.165) is 33.5 Å². The molecule has 3 heteroatoms. The minimum Gasteiger partial charge on any atom is -0.436 e. The number of oxazole rings is 1. The predicted molar refractivity (Wildman–Crippen MR) is 160 cm³/mol. The molecule has 0 aliphatic heterocycles. The van der Waals surface area contributed by atoms with Gasteiger partial charge < -0.3 is 4.42 Å². The lowest BCUT2D eigenvalue weighted by molar-refractivity contribution is 0.620. The molecule has 2 aromatic heterocycles. The van der Waals surface area contributed by atoms with Crippen molar-refractivity contribution >= 4 is 11.1 Å². The molecule has 0 saturated heterocycles. The highest BCUT2D eigenvalue weighted by molar-refractivity contribution is 5.88. The lowest BCUT2D eigenvalue weighted by Crippen LogP contribution is -2.29. The van der Waals surface area contributed by atoms with E-state index in [0.29, 0.717) is 5.89 Å². The fourth-order valence-corrected chi connectivity index (χ4v) is 6.27. The lowest BCUT2D eigenvalue weighted by Gasteiger charge is -2.32. The average molecular weight is 513 g/mol. The number of rotatable bonds is 4. The van der Waals surface area contributed by atoms with Gasteiger partial charge in [-0.15, -0.1) is 0 Å². The van der Waals surface area contributed by atoms with Crippen LogP contribution in [0, 0.1) is 0 Å². The first-order chi connectivity index (χ1) is 19.8. The molecular weight excluding hydrogens is 488 g/mol. The summed E-state index contributed by atoms with van der Waals surface area (Å²) in [5.41, 5.74) is 11.7. The number of hydrogen-bond acceptors (Lipinski definition) is 3. The maximum Gasteiger partial charge on any atom is 0.227 e. The van der Waals surface area contributed by atoms with Crippen molar-refractivity contribution in [2.75, 3.05) is 0 Å². The summed E-state index contributed by atoms with van der Waals surface area (Å²) in [6, 6.07) is 48.9. The molecule has 0 radical (unpaired) electrons. The molecule has 5 aromatic carbocycles. The molecule has 7 aromatic rings. The van der Waals surface area contributed by atoms with Gasteiger partial charge >= 0.3 is 0 Å². The van der Waals surface area contributed by atoms with Crippen LogP contribution in [0.1, 0.15) is 22.4 Å². The first-order valence-electron chi connectivity index (χ1n) is 13.5. The molecule has 1 aliphatic carbocycles. The summed E-state index contributed by atoms with van der Waals surface area (Å²) in [6.45, 7) is 0. The van der Waals surface area contributed by atoms with Gasteiger partial charge in [-0.25, -0.2) is 4.98 Å². The zero-order valence-corrected chi connectivity index (χ0v) is 21.7. The molecule has 0 N–H and O–H groups in total. The summed E-state index contributed by atoms with van der Waals surface area (Å²) < 4.78 is 6.00. The van der Waals surface area contributed by atoms with Gasteiger partial charge in [0, 0.05) is 11.8 Å². The standard InChI is InChI=1S/C37H24N2O/c1-2-10-28(11-3-1)37(35-16-8-9-23-38-35)31-13-5-4-12-29(31)30-22-21-27(24-32(30)37)25-17-19-26(20-18-25)36-39-33-14-6-7-15-34(33)40-36/h1-24H. The van der Waals surface area contributed by atoms with E-state index in [1.165, 1.54) is 27.8 Å². The van der Waals surface area contributed by atoms with Crippen LogP contribution in [-0.4, -0.2) is 9.97 Å². The molecule has 188 valence electrons. The van der Waals surface area contributed by atoms with Crippen molar-refractivity contribution in [1.29, 1.82) is 0 Å². The number of fused-ring (bicyclic) bond motifs is 4. The Kier molecular flexibility index (Phi) is 5.04. The highest BCUT2D eigenvalue weighted by Crippen LogP contribution is 2.56. The van der Waals surface area contributed by atoms with Crippen LogP contribution in [0.2, 0.25) is 0 Å². The van der Waals surface area contributed by atoms with E-state index in [4.69, 9.17) is 9.40 Å². The minimum atomic E-state index is -0.511. The van der Waals surface area contributed by atoms with Crippen LogP contribution in [-0.2, 0) is 5.41 Å². The summed E-state index contributed by atoms with van der Waals surface area (Å²) >= 11 is 0. The molecule has 40 heavy (non-hydrogen) atoms. The molecular formula is C37H24N2O. The van der Waals surface area contributed by atoms with Crippen LogP contribution in [0.4, 0.5) is 0 Å². The van der Waals surface area contributed by atoms with Crippen LogP contribution in [0.3, 0.4) is 0 Å². The van der Waals surface area contributed by atoms with Crippen LogP contribution >= 0.6 is 0 Å². The number of aromatic nitrogens is 2. The molecule has 0 bridgehead atoms. The van der Waals surface area contributed by atoms with Gasteiger partial charge in [0.1, 0.15) is 5.52 Å². The van der Waals surface area contributed by atoms with Gasteiger partial charge in [-0.1, -0.05) is 97.1 Å². The van der Waals surface area contributed by atoms with Gasteiger partial charge in [0.2, 0.25) is 5.89 Å². The quantitative estimate of drug-likeness (QED) is 0.236. The van der Waals surface area contributed by atoms with E-state index in [1.807, 2.05) is 36.5 Å². The van der Waals surface area contributed by atoms with Crippen LogP contribution in [0.25, 0.3) is 44.8 Å². The van der Waals surface area contributed by atoms with Crippen LogP contribution in [0.5, 0.6) is 0 Å². The second-order valence-corrected chi connectivity index (χ2v) is 10.2. The molecule has 0 spiro atoms. The largest absolute Gasteiger partial charge is 0.436 e. The van der Waals surface area contributed by atoms with Gasteiger partial charge in [0.05, 0.1) is 11.1 Å². The third-order valence-corrected chi connectivity index (χ3v) is 8.06. The Morgan fingerprint density at radius 1 is 0.525 bits per heavy atom. The van der Waals surface area contributed by atoms with Gasteiger partial charge in [-0.2, -0.15) is 0 Å². The number of nitrogens with zero attached hydrogens (tertiary/aromatic N) is 2. The molecule has 2 heterocycles. The molecule has 1 atom stereocenters. The predicted octanol–water partition coefficient (Wildman–Crippen LogP) is 8.92. The first-order valence-corrected chi connectivity index (χ1v) is 13.5. The van der Waals surface area contributed by atoms with Crippen molar-refractivity contribution in [2.45, 2.75) is 5.41 Å². The molecule has 0 saturated carbocycles. The number of benzene rings is 5. The van der Waals surface area contributed by atoms with Crippen molar-refractivity contribution in [2.24, 2.45) is 0 Å². The Bertz CT molecular complexity index is 1920. The van der Waals surface area contributed by atoms with Crippen molar-refractivity contribution in [3.63, 3.8) is 0 Å². The number of hydrogen-bond donors (Lipinski definition) is 0. The average Bonchev–Trinajstić information content (AvgIpc) is 3.60. The zero-order chi connectivity index (χ0) is 26.5. The van der Waals surface area contributed by atoms with E-state index in [-0.39, 0.29) is 0 Å². The maximum absolute atomic E-state index is 6.00. The van der Waals surface area contributed by atoms with Gasteiger partial charge in [0.25, 0.3) is 0 Å². The summed E-state index contributed by atoms with van der Waals surface area (Å²) in [6.07, 6.45) is 1.90. The lowest BCUT2D eigenvalue weighted by atomic mass is 9.69. The fraction of sp³-hybridized carbons (Fsp3) is 0.0270. The fourth-order valence-electron chi connectivity index (χ4n) is 6.27. The van der Waals surface area contributed by atoms with E-state index in [1.54, 1.807) is 0 Å². The maximum atomic E-state index is 6.00. The molecule has 3 nitrogen and oxygen atoms in total. The Hall–Kier alpha value is -5.28. The summed E-state index contributed by atoms with van der Waals surface area (Å²) in [7, 11) is 0. The SMILES string of the molecule is c1ccc(C2(c3ccccn3)c3ccccc3-c3ccc(-c4ccc(-c5nc6ccccc6o5)cc4)cc32)cc1.